The molecule has 2 aromatic rings. The largest absolute Gasteiger partial charge is 0.343 e. The quantitative estimate of drug-likeness (QED) is 0.828. The fourth-order valence-corrected chi connectivity index (χ4v) is 4.34. The maximum Gasteiger partial charge on any atom is 0.162 e. The number of benzene rings is 1. The maximum absolute atomic E-state index is 14.9. The van der Waals surface area contributed by atoms with Crippen LogP contribution >= 0.6 is 0 Å². The molecular formula is C21H21FN2O. The molecule has 1 N–H and O–H groups in total. The van der Waals surface area contributed by atoms with Crippen LogP contribution in [0.4, 0.5) is 10.2 Å². The predicted molar refractivity (Wildman–Crippen MR) is 95.8 cm³/mol. The average Bonchev–Trinajstić information content (AvgIpc) is 2.53. The Morgan fingerprint density at radius 1 is 1.08 bits per heavy atom. The Kier molecular flexibility index (Phi) is 3.36. The van der Waals surface area contributed by atoms with Crippen molar-refractivity contribution in [3.8, 4) is 0 Å². The zero-order chi connectivity index (χ0) is 17.8. The molecule has 0 saturated heterocycles. The van der Waals surface area contributed by atoms with Gasteiger partial charge >= 0.3 is 0 Å². The smallest absolute Gasteiger partial charge is 0.162 e. The number of hydrogen-bond acceptors (Lipinski definition) is 3. The fourth-order valence-electron chi connectivity index (χ4n) is 4.34. The van der Waals surface area contributed by atoms with Gasteiger partial charge in [-0.25, -0.2) is 9.37 Å². The lowest BCUT2D eigenvalue weighted by Gasteiger charge is -2.44. The molecular weight excluding hydrogens is 315 g/mol. The predicted octanol–water partition coefficient (Wildman–Crippen LogP) is 4.60. The van der Waals surface area contributed by atoms with E-state index in [2.05, 4.69) is 24.1 Å². The molecule has 1 atom stereocenters. The highest BCUT2D eigenvalue weighted by molar-refractivity contribution is 6.02. The first kappa shape index (κ1) is 16.0. The molecule has 3 nitrogen and oxygen atoms in total. The summed E-state index contributed by atoms with van der Waals surface area (Å²) < 4.78 is 14.9. The van der Waals surface area contributed by atoms with Crippen molar-refractivity contribution in [1.29, 1.82) is 0 Å². The summed E-state index contributed by atoms with van der Waals surface area (Å²) in [5, 5.41) is 3.26. The second kappa shape index (κ2) is 5.25. The van der Waals surface area contributed by atoms with Gasteiger partial charge in [-0.1, -0.05) is 44.2 Å². The van der Waals surface area contributed by atoms with Gasteiger partial charge in [-0.2, -0.15) is 0 Å². The molecule has 4 rings (SSSR count). The van der Waals surface area contributed by atoms with E-state index in [0.717, 1.165) is 17.7 Å². The zero-order valence-electron chi connectivity index (χ0n) is 14.7. The van der Waals surface area contributed by atoms with Crippen LogP contribution in [0, 0.1) is 11.2 Å². The zero-order valence-corrected chi connectivity index (χ0v) is 14.7. The summed E-state index contributed by atoms with van der Waals surface area (Å²) in [7, 11) is 0. The summed E-state index contributed by atoms with van der Waals surface area (Å²) in [5.74, 6) is 0.252. The van der Waals surface area contributed by atoms with E-state index in [1.807, 2.05) is 37.3 Å². The Morgan fingerprint density at radius 2 is 1.80 bits per heavy atom. The third-order valence-corrected chi connectivity index (χ3v) is 5.40. The molecule has 1 aromatic heterocycles. The van der Waals surface area contributed by atoms with Crippen molar-refractivity contribution in [3.63, 3.8) is 0 Å². The summed E-state index contributed by atoms with van der Waals surface area (Å²) in [5.41, 5.74) is 1.95. The Labute approximate surface area is 147 Å². The fraction of sp³-hybridized carbons (Fsp3) is 0.333. The number of nitrogens with zero attached hydrogens (tertiary/aromatic N) is 1. The van der Waals surface area contributed by atoms with E-state index < -0.39 is 5.41 Å². The molecule has 2 aliphatic rings. The van der Waals surface area contributed by atoms with Crippen LogP contribution in [0.3, 0.4) is 0 Å². The molecule has 0 radical (unpaired) electrons. The summed E-state index contributed by atoms with van der Waals surface area (Å²) in [6.45, 7) is 6.12. The topological polar surface area (TPSA) is 42.0 Å². The van der Waals surface area contributed by atoms with Crippen molar-refractivity contribution in [2.45, 2.75) is 39.0 Å². The van der Waals surface area contributed by atoms with E-state index in [1.165, 1.54) is 12.3 Å². The highest BCUT2D eigenvalue weighted by atomic mass is 19.1. The van der Waals surface area contributed by atoms with Crippen molar-refractivity contribution < 1.29 is 9.18 Å². The number of Topliss-reactive ketones (excluding diaryl/α,β-unsaturated/α-hetero) is 1. The van der Waals surface area contributed by atoms with Crippen LogP contribution < -0.4 is 5.32 Å². The number of carbonyl (C=O) groups excluding carboxylic acids is 1. The molecule has 1 aliphatic heterocycles. The molecule has 128 valence electrons. The first-order valence-electron chi connectivity index (χ1n) is 8.57. The van der Waals surface area contributed by atoms with Crippen LogP contribution in [0.15, 0.2) is 53.9 Å². The van der Waals surface area contributed by atoms with Crippen molar-refractivity contribution in [3.05, 3.63) is 70.8 Å². The maximum atomic E-state index is 14.9. The molecule has 25 heavy (non-hydrogen) atoms. The van der Waals surface area contributed by atoms with E-state index in [9.17, 15) is 9.18 Å². The van der Waals surface area contributed by atoms with Gasteiger partial charge in [0.1, 0.15) is 11.6 Å². The molecule has 0 spiro atoms. The van der Waals surface area contributed by atoms with E-state index in [0.29, 0.717) is 23.4 Å². The Bertz CT molecular complexity index is 901. The number of fused-ring (bicyclic) bond motifs is 1. The van der Waals surface area contributed by atoms with E-state index >= 15 is 0 Å². The Balaban J connectivity index is 2.05. The molecule has 0 unspecified atom stereocenters. The molecule has 0 amide bonds. The molecule has 1 aromatic carbocycles. The van der Waals surface area contributed by atoms with Gasteiger partial charge in [-0.3, -0.25) is 4.79 Å². The van der Waals surface area contributed by atoms with Crippen LogP contribution in [-0.2, 0) is 10.2 Å². The van der Waals surface area contributed by atoms with Gasteiger partial charge in [0.05, 0.1) is 5.41 Å². The number of pyridine rings is 1. The summed E-state index contributed by atoms with van der Waals surface area (Å²) in [4.78, 5) is 17.5. The number of anilines is 1. The molecule has 0 saturated carbocycles. The van der Waals surface area contributed by atoms with E-state index in [-0.39, 0.29) is 17.0 Å². The first-order valence-corrected chi connectivity index (χ1v) is 8.57. The highest BCUT2D eigenvalue weighted by Crippen LogP contribution is 2.52. The highest BCUT2D eigenvalue weighted by Gasteiger charge is 2.49. The van der Waals surface area contributed by atoms with Gasteiger partial charge in [0, 0.05) is 29.5 Å². The lowest BCUT2D eigenvalue weighted by atomic mass is 9.62. The number of hydrogen-bond donors (Lipinski definition) is 1. The van der Waals surface area contributed by atoms with E-state index in [4.69, 9.17) is 0 Å². The number of halogens is 1. The molecule has 2 heterocycles. The lowest BCUT2D eigenvalue weighted by Crippen LogP contribution is -2.42. The third-order valence-electron chi connectivity index (χ3n) is 5.40. The number of carbonyl (C=O) groups is 1. The normalized spacial score (nSPS) is 24.4. The second-order valence-corrected chi connectivity index (χ2v) is 7.93. The van der Waals surface area contributed by atoms with Crippen LogP contribution in [0.25, 0.3) is 0 Å². The Hall–Kier alpha value is -2.49. The number of rotatable bonds is 1. The van der Waals surface area contributed by atoms with Gasteiger partial charge in [0.25, 0.3) is 0 Å². The first-order chi connectivity index (χ1) is 11.8. The van der Waals surface area contributed by atoms with Gasteiger partial charge in [0.15, 0.2) is 5.78 Å². The number of nitrogens with one attached hydrogen (secondary N) is 1. The Morgan fingerprint density at radius 3 is 2.52 bits per heavy atom. The van der Waals surface area contributed by atoms with Gasteiger partial charge in [0.2, 0.25) is 0 Å². The van der Waals surface area contributed by atoms with Crippen molar-refractivity contribution in [2.24, 2.45) is 5.41 Å². The molecule has 0 bridgehead atoms. The lowest BCUT2D eigenvalue weighted by molar-refractivity contribution is -0.118. The molecule has 1 aliphatic carbocycles. The number of ketones is 1. The summed E-state index contributed by atoms with van der Waals surface area (Å²) >= 11 is 0. The van der Waals surface area contributed by atoms with Crippen LogP contribution in [0.5, 0.6) is 0 Å². The minimum Gasteiger partial charge on any atom is -0.343 e. The molecule has 0 fully saturated rings. The standard InChI is InChI=1S/C21H21FN2O/c1-20(2)11-15-18(16(25)12-20)21(3,13-7-5-4-6-8-13)17-14(22)9-10-23-19(17)24-15/h4-10H,11-12H2,1-3H3,(H,23,24)/t21-/m0/s1. The van der Waals surface area contributed by atoms with Gasteiger partial charge in [-0.05, 0) is 30.4 Å². The number of allylic oxidation sites excluding steroid dienone is 2. The summed E-state index contributed by atoms with van der Waals surface area (Å²) in [6, 6.07) is 11.1. The second-order valence-electron chi connectivity index (χ2n) is 7.93. The van der Waals surface area contributed by atoms with E-state index in [1.54, 1.807) is 0 Å². The number of aromatic nitrogens is 1. The SMILES string of the molecule is CC1(C)CC(=O)C2=C(C1)Nc1nccc(F)c1[C@]2(C)c1ccccc1. The van der Waals surface area contributed by atoms with Crippen LogP contribution in [0.1, 0.15) is 44.7 Å². The minimum absolute atomic E-state index is 0.0824. The summed E-state index contributed by atoms with van der Waals surface area (Å²) in [6.07, 6.45) is 2.68. The third kappa shape index (κ3) is 2.31. The van der Waals surface area contributed by atoms with Crippen LogP contribution in [0.2, 0.25) is 0 Å². The molecule has 4 heteroatoms. The van der Waals surface area contributed by atoms with Crippen molar-refractivity contribution in [1.82, 2.24) is 4.98 Å². The monoisotopic (exact) mass is 336 g/mol. The van der Waals surface area contributed by atoms with Gasteiger partial charge in [-0.15, -0.1) is 0 Å². The van der Waals surface area contributed by atoms with Crippen molar-refractivity contribution >= 4 is 11.6 Å². The van der Waals surface area contributed by atoms with Crippen LogP contribution in [-0.4, -0.2) is 10.8 Å². The minimum atomic E-state index is -0.844. The van der Waals surface area contributed by atoms with Crippen molar-refractivity contribution in [2.75, 3.05) is 5.32 Å². The average molecular weight is 336 g/mol. The van der Waals surface area contributed by atoms with Gasteiger partial charge < -0.3 is 5.32 Å².